The van der Waals surface area contributed by atoms with Crippen molar-refractivity contribution < 1.29 is 32.6 Å². The lowest BCUT2D eigenvalue weighted by Gasteiger charge is -2.08. The molecule has 148 valence electrons. The minimum absolute atomic E-state index is 0.150. The number of hydrogen-bond acceptors (Lipinski definition) is 6. The number of rotatable bonds is 8. The van der Waals surface area contributed by atoms with Crippen molar-refractivity contribution in [3.05, 3.63) is 60.2 Å². The molecule has 0 heterocycles. The van der Waals surface area contributed by atoms with Gasteiger partial charge in [-0.1, -0.05) is 18.2 Å². The molecule has 3 N–H and O–H groups in total. The number of benzene rings is 2. The van der Waals surface area contributed by atoms with Gasteiger partial charge >= 0.3 is 12.2 Å². The number of carboxylic acid groups (broad SMARTS) is 1. The Morgan fingerprint density at radius 2 is 1.61 bits per heavy atom. The normalized spacial score (nSPS) is 10.7. The van der Waals surface area contributed by atoms with Crippen molar-refractivity contribution in [2.45, 2.75) is 0 Å². The van der Waals surface area contributed by atoms with E-state index in [0.717, 1.165) is 0 Å². The molecule has 0 spiro atoms. The van der Waals surface area contributed by atoms with Crippen LogP contribution in [0.4, 0.5) is 15.3 Å². The Morgan fingerprint density at radius 1 is 0.964 bits per heavy atom. The molecule has 0 aliphatic heterocycles. The zero-order valence-electron chi connectivity index (χ0n) is 14.6. The molecule has 2 rings (SSSR count). The molecule has 0 atom stereocenters. The van der Waals surface area contributed by atoms with Crippen LogP contribution in [0.15, 0.2) is 54.6 Å². The summed E-state index contributed by atoms with van der Waals surface area (Å²) in [6.45, 7) is -0.294. The van der Waals surface area contributed by atoms with E-state index in [-0.39, 0.29) is 12.1 Å². The Kier molecular flexibility index (Phi) is 7.10. The number of nitrogens with one attached hydrogen (secondary N) is 2. The van der Waals surface area contributed by atoms with Gasteiger partial charge in [0.15, 0.2) is 15.6 Å². The van der Waals surface area contributed by atoms with Crippen LogP contribution >= 0.6 is 0 Å². The number of ketones is 1. The number of para-hydroxylation sites is 1. The molecular formula is C18H18N2O7S. The Labute approximate surface area is 161 Å². The van der Waals surface area contributed by atoms with Crippen LogP contribution in [0.5, 0.6) is 5.75 Å². The third-order valence-electron chi connectivity index (χ3n) is 3.45. The summed E-state index contributed by atoms with van der Waals surface area (Å²) in [5.41, 5.74) is 0.516. The molecule has 0 fully saturated rings. The summed E-state index contributed by atoms with van der Waals surface area (Å²) < 4.78 is 28.8. The zero-order valence-corrected chi connectivity index (χ0v) is 15.4. The van der Waals surface area contributed by atoms with Gasteiger partial charge in [0.2, 0.25) is 0 Å². The van der Waals surface area contributed by atoms with E-state index in [1.807, 2.05) is 5.32 Å². The maximum absolute atomic E-state index is 12.1. The third-order valence-corrected chi connectivity index (χ3v) is 4.98. The molecule has 10 heteroatoms. The van der Waals surface area contributed by atoms with Crippen LogP contribution in [0.2, 0.25) is 0 Å². The highest BCUT2D eigenvalue weighted by Crippen LogP contribution is 2.13. The van der Waals surface area contributed by atoms with Gasteiger partial charge in [0, 0.05) is 17.8 Å². The van der Waals surface area contributed by atoms with Crippen LogP contribution in [0, 0.1) is 0 Å². The second kappa shape index (κ2) is 9.51. The number of anilines is 1. The van der Waals surface area contributed by atoms with Crippen LogP contribution in [0.25, 0.3) is 0 Å². The lowest BCUT2D eigenvalue weighted by atomic mass is 10.1. The standard InChI is InChI=1S/C18H18N2O7S/c21-16(12-28(25,26)11-10-19-17(22)23)13-6-8-14(9-7-13)20-18(24)27-15-4-2-1-3-5-15/h1-9,19H,10-12H2,(H,20,24)(H,22,23). The summed E-state index contributed by atoms with van der Waals surface area (Å²) in [6, 6.07) is 14.1. The second-order valence-corrected chi connectivity index (χ2v) is 7.84. The van der Waals surface area contributed by atoms with Crippen LogP contribution in [-0.4, -0.2) is 49.5 Å². The number of ether oxygens (including phenoxy) is 1. The first-order valence-electron chi connectivity index (χ1n) is 8.09. The van der Waals surface area contributed by atoms with Crippen molar-refractivity contribution >= 4 is 33.5 Å². The van der Waals surface area contributed by atoms with E-state index in [1.165, 1.54) is 24.3 Å². The maximum Gasteiger partial charge on any atom is 0.417 e. The van der Waals surface area contributed by atoms with Crippen LogP contribution in [0.3, 0.4) is 0 Å². The van der Waals surface area contributed by atoms with E-state index in [0.29, 0.717) is 11.4 Å². The van der Waals surface area contributed by atoms with Crippen molar-refractivity contribution in [2.75, 3.05) is 23.4 Å². The molecule has 0 saturated carbocycles. The SMILES string of the molecule is O=C(O)NCCS(=O)(=O)CC(=O)c1ccc(NC(=O)Oc2ccccc2)cc1. The van der Waals surface area contributed by atoms with Crippen LogP contribution in [-0.2, 0) is 9.84 Å². The van der Waals surface area contributed by atoms with Crippen molar-refractivity contribution in [1.29, 1.82) is 0 Å². The quantitative estimate of drug-likeness (QED) is 0.571. The number of carbonyl (C=O) groups excluding carboxylic acids is 2. The lowest BCUT2D eigenvalue weighted by molar-refractivity contribution is 0.102. The molecule has 0 aliphatic carbocycles. The monoisotopic (exact) mass is 406 g/mol. The molecule has 28 heavy (non-hydrogen) atoms. The van der Waals surface area contributed by atoms with E-state index >= 15 is 0 Å². The highest BCUT2D eigenvalue weighted by molar-refractivity contribution is 7.92. The van der Waals surface area contributed by atoms with Crippen molar-refractivity contribution in [3.8, 4) is 5.75 Å². The molecule has 0 saturated heterocycles. The molecule has 2 amide bonds. The van der Waals surface area contributed by atoms with Gasteiger partial charge in [-0.05, 0) is 36.4 Å². The Hall–Kier alpha value is -3.40. The average Bonchev–Trinajstić information content (AvgIpc) is 2.62. The van der Waals surface area contributed by atoms with Gasteiger partial charge in [-0.15, -0.1) is 0 Å². The van der Waals surface area contributed by atoms with E-state index < -0.39 is 39.3 Å². The summed E-state index contributed by atoms with van der Waals surface area (Å²) in [4.78, 5) is 34.2. The van der Waals surface area contributed by atoms with Crippen molar-refractivity contribution in [1.82, 2.24) is 5.32 Å². The molecular weight excluding hydrogens is 388 g/mol. The van der Waals surface area contributed by atoms with E-state index in [4.69, 9.17) is 9.84 Å². The third kappa shape index (κ3) is 7.08. The average molecular weight is 406 g/mol. The lowest BCUT2D eigenvalue weighted by Crippen LogP contribution is -2.30. The fourth-order valence-corrected chi connectivity index (χ4v) is 3.27. The summed E-state index contributed by atoms with van der Waals surface area (Å²) in [5.74, 6) is -1.48. The number of carbonyl (C=O) groups is 3. The number of Topliss-reactive ketones (excluding diaryl/α,β-unsaturated/α-hetero) is 1. The molecule has 0 aromatic heterocycles. The van der Waals surface area contributed by atoms with E-state index in [1.54, 1.807) is 30.3 Å². The molecule has 0 unspecified atom stereocenters. The van der Waals surface area contributed by atoms with Gasteiger partial charge < -0.3 is 15.2 Å². The highest BCUT2D eigenvalue weighted by Gasteiger charge is 2.18. The second-order valence-electron chi connectivity index (χ2n) is 5.65. The number of sulfone groups is 1. The highest BCUT2D eigenvalue weighted by atomic mass is 32.2. The first-order chi connectivity index (χ1) is 13.2. The van der Waals surface area contributed by atoms with Gasteiger partial charge in [0.05, 0.1) is 5.75 Å². The van der Waals surface area contributed by atoms with Gasteiger partial charge in [-0.2, -0.15) is 0 Å². The van der Waals surface area contributed by atoms with Gasteiger partial charge in [-0.3, -0.25) is 10.1 Å². The van der Waals surface area contributed by atoms with Crippen molar-refractivity contribution in [3.63, 3.8) is 0 Å². The van der Waals surface area contributed by atoms with Crippen LogP contribution < -0.4 is 15.4 Å². The predicted molar refractivity (Wildman–Crippen MR) is 102 cm³/mol. The molecule has 0 bridgehead atoms. The predicted octanol–water partition coefficient (Wildman–Crippen LogP) is 2.16. The summed E-state index contributed by atoms with van der Waals surface area (Å²) >= 11 is 0. The topological polar surface area (TPSA) is 139 Å². The van der Waals surface area contributed by atoms with E-state index in [2.05, 4.69) is 5.32 Å². The molecule has 0 radical (unpaired) electrons. The molecule has 2 aromatic carbocycles. The van der Waals surface area contributed by atoms with Crippen molar-refractivity contribution in [2.24, 2.45) is 0 Å². The molecule has 2 aromatic rings. The fraction of sp³-hybridized carbons (Fsp3) is 0.167. The first kappa shape index (κ1) is 20.9. The molecule has 0 aliphatic rings. The summed E-state index contributed by atoms with van der Waals surface area (Å²) in [5, 5.41) is 12.8. The van der Waals surface area contributed by atoms with Gasteiger partial charge in [0.25, 0.3) is 0 Å². The number of amides is 2. The Balaban J connectivity index is 1.89. The smallest absolute Gasteiger partial charge is 0.417 e. The van der Waals surface area contributed by atoms with Gasteiger partial charge in [0.1, 0.15) is 11.5 Å². The first-order valence-corrected chi connectivity index (χ1v) is 9.92. The summed E-state index contributed by atoms with van der Waals surface area (Å²) in [6.07, 6.45) is -2.05. The van der Waals surface area contributed by atoms with E-state index in [9.17, 15) is 22.8 Å². The fourth-order valence-electron chi connectivity index (χ4n) is 2.15. The largest absolute Gasteiger partial charge is 0.465 e. The maximum atomic E-state index is 12.1. The Bertz CT molecular complexity index is 942. The van der Waals surface area contributed by atoms with Gasteiger partial charge in [-0.25, -0.2) is 18.0 Å². The minimum Gasteiger partial charge on any atom is -0.465 e. The van der Waals surface area contributed by atoms with Crippen LogP contribution in [0.1, 0.15) is 10.4 Å². The summed E-state index contributed by atoms with van der Waals surface area (Å²) in [7, 11) is -3.75. The zero-order chi connectivity index (χ0) is 20.6. The minimum atomic E-state index is -3.75. The Morgan fingerprint density at radius 3 is 2.21 bits per heavy atom. The molecule has 9 nitrogen and oxygen atoms in total. The number of hydrogen-bond donors (Lipinski definition) is 3.